The lowest BCUT2D eigenvalue weighted by Crippen LogP contribution is -2.33. The van der Waals surface area contributed by atoms with E-state index in [1.807, 2.05) is 18.7 Å². The van der Waals surface area contributed by atoms with Crippen molar-refractivity contribution in [3.05, 3.63) is 0 Å². The number of carbonyl (C=O) groups is 1. The Kier molecular flexibility index (Phi) is 6.10. The first-order valence-corrected chi connectivity index (χ1v) is 6.95. The molecular formula is C11H22N2OS. The van der Waals surface area contributed by atoms with Crippen molar-refractivity contribution in [2.24, 2.45) is 17.6 Å². The van der Waals surface area contributed by atoms with Crippen molar-refractivity contribution < 1.29 is 4.79 Å². The van der Waals surface area contributed by atoms with Crippen LogP contribution in [0.1, 0.15) is 26.2 Å². The van der Waals surface area contributed by atoms with Gasteiger partial charge < -0.3 is 11.1 Å². The van der Waals surface area contributed by atoms with Gasteiger partial charge in [-0.15, -0.1) is 0 Å². The summed E-state index contributed by atoms with van der Waals surface area (Å²) in [5.41, 5.74) is 5.42. The van der Waals surface area contributed by atoms with Crippen LogP contribution < -0.4 is 11.1 Å². The molecule has 4 heteroatoms. The van der Waals surface area contributed by atoms with Gasteiger partial charge in [-0.3, -0.25) is 4.79 Å². The topological polar surface area (TPSA) is 55.1 Å². The molecule has 1 aliphatic rings. The van der Waals surface area contributed by atoms with Gasteiger partial charge in [0.25, 0.3) is 0 Å². The smallest absolute Gasteiger partial charge is 0.222 e. The van der Waals surface area contributed by atoms with Crippen LogP contribution in [0.5, 0.6) is 0 Å². The molecular weight excluding hydrogens is 208 g/mol. The Hall–Kier alpha value is -0.220. The predicted octanol–water partition coefficient (Wildman–Crippen LogP) is 1.23. The van der Waals surface area contributed by atoms with Crippen molar-refractivity contribution in [2.75, 3.05) is 24.6 Å². The Bertz CT molecular complexity index is 193. The molecule has 0 aromatic heterocycles. The molecule has 2 unspecified atom stereocenters. The molecule has 0 saturated carbocycles. The molecule has 1 aliphatic heterocycles. The minimum absolute atomic E-state index is 0.114. The van der Waals surface area contributed by atoms with E-state index in [9.17, 15) is 4.79 Å². The van der Waals surface area contributed by atoms with Gasteiger partial charge in [0.05, 0.1) is 0 Å². The van der Waals surface area contributed by atoms with Gasteiger partial charge in [-0.25, -0.2) is 0 Å². The van der Waals surface area contributed by atoms with E-state index in [2.05, 4.69) is 5.32 Å². The molecule has 0 bridgehead atoms. The third-order valence-electron chi connectivity index (χ3n) is 2.88. The van der Waals surface area contributed by atoms with Crippen molar-refractivity contribution in [1.82, 2.24) is 5.32 Å². The van der Waals surface area contributed by atoms with Crippen LogP contribution in [0.2, 0.25) is 0 Å². The van der Waals surface area contributed by atoms with E-state index >= 15 is 0 Å². The van der Waals surface area contributed by atoms with Gasteiger partial charge in [0.15, 0.2) is 0 Å². The molecule has 1 heterocycles. The maximum absolute atomic E-state index is 11.6. The molecule has 0 aromatic rings. The summed E-state index contributed by atoms with van der Waals surface area (Å²) in [6.07, 6.45) is 3.09. The van der Waals surface area contributed by atoms with E-state index in [0.29, 0.717) is 12.5 Å². The molecule has 3 N–H and O–H groups in total. The quantitative estimate of drug-likeness (QED) is 0.721. The minimum atomic E-state index is 0.114. The Morgan fingerprint density at radius 3 is 3.07 bits per heavy atom. The largest absolute Gasteiger partial charge is 0.356 e. The monoisotopic (exact) mass is 230 g/mol. The van der Waals surface area contributed by atoms with Crippen molar-refractivity contribution in [3.8, 4) is 0 Å². The van der Waals surface area contributed by atoms with Crippen LogP contribution in [-0.4, -0.2) is 30.5 Å². The van der Waals surface area contributed by atoms with Crippen LogP contribution in [0, 0.1) is 11.8 Å². The van der Waals surface area contributed by atoms with E-state index in [1.54, 1.807) is 0 Å². The molecule has 1 rings (SSSR count). The van der Waals surface area contributed by atoms with Gasteiger partial charge in [-0.05, 0) is 43.2 Å². The first-order chi connectivity index (χ1) is 7.24. The summed E-state index contributed by atoms with van der Waals surface area (Å²) in [5, 5.41) is 3.04. The average Bonchev–Trinajstić information content (AvgIpc) is 2.75. The molecule has 0 aromatic carbocycles. The fourth-order valence-corrected chi connectivity index (χ4v) is 3.00. The lowest BCUT2D eigenvalue weighted by atomic mass is 10.0. The average molecular weight is 230 g/mol. The molecule has 1 amide bonds. The third-order valence-corrected chi connectivity index (χ3v) is 4.11. The standard InChI is InChI=1S/C11H22N2OS/c1-9(3-2-5-12)11(14)13-7-10-4-6-15-8-10/h9-10H,2-8,12H2,1H3,(H,13,14). The van der Waals surface area contributed by atoms with Crippen molar-refractivity contribution in [3.63, 3.8) is 0 Å². The summed E-state index contributed by atoms with van der Waals surface area (Å²) >= 11 is 1.99. The zero-order valence-corrected chi connectivity index (χ0v) is 10.3. The summed E-state index contributed by atoms with van der Waals surface area (Å²) in [6, 6.07) is 0. The van der Waals surface area contributed by atoms with Gasteiger partial charge in [-0.1, -0.05) is 6.92 Å². The summed E-state index contributed by atoms with van der Waals surface area (Å²) in [4.78, 5) is 11.6. The minimum Gasteiger partial charge on any atom is -0.356 e. The summed E-state index contributed by atoms with van der Waals surface area (Å²) in [5.74, 6) is 3.46. The molecule has 0 radical (unpaired) electrons. The van der Waals surface area contributed by atoms with Crippen LogP contribution in [0.25, 0.3) is 0 Å². The van der Waals surface area contributed by atoms with E-state index in [-0.39, 0.29) is 11.8 Å². The zero-order chi connectivity index (χ0) is 11.1. The number of nitrogens with one attached hydrogen (secondary N) is 1. The van der Waals surface area contributed by atoms with Gasteiger partial charge in [-0.2, -0.15) is 11.8 Å². The molecule has 3 nitrogen and oxygen atoms in total. The number of rotatable bonds is 6. The van der Waals surface area contributed by atoms with E-state index in [1.165, 1.54) is 17.9 Å². The lowest BCUT2D eigenvalue weighted by molar-refractivity contribution is -0.124. The number of hydrogen-bond acceptors (Lipinski definition) is 3. The van der Waals surface area contributed by atoms with Gasteiger partial charge in [0.2, 0.25) is 5.91 Å². The number of amides is 1. The van der Waals surface area contributed by atoms with Gasteiger partial charge >= 0.3 is 0 Å². The molecule has 0 spiro atoms. The van der Waals surface area contributed by atoms with E-state index in [0.717, 1.165) is 19.4 Å². The van der Waals surface area contributed by atoms with Gasteiger partial charge in [0, 0.05) is 12.5 Å². The zero-order valence-electron chi connectivity index (χ0n) is 9.50. The maximum atomic E-state index is 11.6. The number of hydrogen-bond donors (Lipinski definition) is 2. The molecule has 1 fully saturated rings. The molecule has 1 saturated heterocycles. The third kappa shape index (κ3) is 4.89. The van der Waals surface area contributed by atoms with Crippen molar-refractivity contribution in [1.29, 1.82) is 0 Å². The van der Waals surface area contributed by atoms with E-state index < -0.39 is 0 Å². The first-order valence-electron chi connectivity index (χ1n) is 5.79. The highest BCUT2D eigenvalue weighted by atomic mass is 32.2. The second-order valence-corrected chi connectivity index (χ2v) is 5.46. The van der Waals surface area contributed by atoms with Crippen molar-refractivity contribution >= 4 is 17.7 Å². The Labute approximate surface area is 96.6 Å². The highest BCUT2D eigenvalue weighted by molar-refractivity contribution is 7.99. The van der Waals surface area contributed by atoms with E-state index in [4.69, 9.17) is 5.73 Å². The highest BCUT2D eigenvalue weighted by Crippen LogP contribution is 2.22. The summed E-state index contributed by atoms with van der Waals surface area (Å²) < 4.78 is 0. The van der Waals surface area contributed by atoms with Crippen molar-refractivity contribution in [2.45, 2.75) is 26.2 Å². The summed E-state index contributed by atoms with van der Waals surface area (Å²) in [6.45, 7) is 3.52. The number of thioether (sulfide) groups is 1. The Morgan fingerprint density at radius 1 is 1.67 bits per heavy atom. The van der Waals surface area contributed by atoms with Crippen LogP contribution in [-0.2, 0) is 4.79 Å². The lowest BCUT2D eigenvalue weighted by Gasteiger charge is -2.14. The van der Waals surface area contributed by atoms with Crippen LogP contribution >= 0.6 is 11.8 Å². The maximum Gasteiger partial charge on any atom is 0.222 e. The van der Waals surface area contributed by atoms with Crippen LogP contribution in [0.15, 0.2) is 0 Å². The Morgan fingerprint density at radius 2 is 2.47 bits per heavy atom. The van der Waals surface area contributed by atoms with Crippen LogP contribution in [0.4, 0.5) is 0 Å². The predicted molar refractivity (Wildman–Crippen MR) is 65.9 cm³/mol. The normalized spacial score (nSPS) is 22.7. The number of nitrogens with two attached hydrogens (primary N) is 1. The fraction of sp³-hybridized carbons (Fsp3) is 0.909. The highest BCUT2D eigenvalue weighted by Gasteiger charge is 2.18. The number of carbonyl (C=O) groups excluding carboxylic acids is 1. The second-order valence-electron chi connectivity index (χ2n) is 4.31. The molecule has 88 valence electrons. The SMILES string of the molecule is CC(CCCN)C(=O)NCC1CCSC1. The molecule has 15 heavy (non-hydrogen) atoms. The molecule has 0 aliphatic carbocycles. The Balaban J connectivity index is 2.11. The summed E-state index contributed by atoms with van der Waals surface area (Å²) in [7, 11) is 0. The van der Waals surface area contributed by atoms with Crippen LogP contribution in [0.3, 0.4) is 0 Å². The molecule has 2 atom stereocenters. The van der Waals surface area contributed by atoms with Gasteiger partial charge in [0.1, 0.15) is 0 Å². The fourth-order valence-electron chi connectivity index (χ4n) is 1.72. The second kappa shape index (κ2) is 7.12. The first kappa shape index (κ1) is 12.8.